The Morgan fingerprint density at radius 1 is 1.19 bits per heavy atom. The fraction of sp³-hybridized carbons (Fsp3) is 0.333. The Balaban J connectivity index is 1.66. The lowest BCUT2D eigenvalue weighted by Gasteiger charge is -2.32. The van der Waals surface area contributed by atoms with Crippen molar-refractivity contribution in [2.75, 3.05) is 18.4 Å². The summed E-state index contributed by atoms with van der Waals surface area (Å²) in [6.45, 7) is 0.562. The highest BCUT2D eigenvalue weighted by molar-refractivity contribution is 7.89. The summed E-state index contributed by atoms with van der Waals surface area (Å²) in [6.07, 6.45) is 1.23. The molecule has 2 aromatic carbocycles. The highest BCUT2D eigenvalue weighted by Gasteiger charge is 2.29. The van der Waals surface area contributed by atoms with Gasteiger partial charge in [-0.25, -0.2) is 12.8 Å². The second kappa shape index (κ2) is 7.92. The predicted octanol–water partition coefficient (Wildman–Crippen LogP) is 3.24. The van der Waals surface area contributed by atoms with Crippen LogP contribution in [-0.2, 0) is 16.6 Å². The predicted molar refractivity (Wildman–Crippen MR) is 99.2 cm³/mol. The van der Waals surface area contributed by atoms with Crippen LogP contribution in [0.2, 0.25) is 5.02 Å². The summed E-state index contributed by atoms with van der Waals surface area (Å²) in [5.74, 6) is -0.568. The highest BCUT2D eigenvalue weighted by atomic mass is 35.5. The molecule has 140 valence electrons. The summed E-state index contributed by atoms with van der Waals surface area (Å²) in [5, 5.41) is 13.4. The van der Waals surface area contributed by atoms with Gasteiger partial charge in [0.2, 0.25) is 10.0 Å². The third kappa shape index (κ3) is 4.17. The van der Waals surface area contributed by atoms with E-state index in [0.717, 1.165) is 11.8 Å². The van der Waals surface area contributed by atoms with Crippen molar-refractivity contribution in [2.24, 2.45) is 0 Å². The molecule has 1 aliphatic rings. The van der Waals surface area contributed by atoms with Gasteiger partial charge in [0.1, 0.15) is 5.82 Å². The van der Waals surface area contributed by atoms with Crippen LogP contribution < -0.4 is 5.32 Å². The lowest BCUT2D eigenvalue weighted by atomic mass is 10.1. The minimum atomic E-state index is -3.69. The topological polar surface area (TPSA) is 69.6 Å². The Kier molecular flexibility index (Phi) is 5.82. The van der Waals surface area contributed by atoms with Crippen molar-refractivity contribution in [3.8, 4) is 0 Å². The summed E-state index contributed by atoms with van der Waals surface area (Å²) in [7, 11) is -3.69. The first-order chi connectivity index (χ1) is 12.4. The number of hydrogen-bond acceptors (Lipinski definition) is 4. The van der Waals surface area contributed by atoms with Crippen LogP contribution in [0.5, 0.6) is 0 Å². The molecule has 0 bridgehead atoms. The lowest BCUT2D eigenvalue weighted by Crippen LogP contribution is -2.42. The maximum Gasteiger partial charge on any atom is 0.243 e. The number of rotatable bonds is 5. The van der Waals surface area contributed by atoms with Crippen molar-refractivity contribution in [1.82, 2.24) is 4.31 Å². The molecule has 0 radical (unpaired) electrons. The Labute approximate surface area is 157 Å². The van der Waals surface area contributed by atoms with Gasteiger partial charge in [0.15, 0.2) is 0 Å². The monoisotopic (exact) mass is 398 g/mol. The number of benzene rings is 2. The molecule has 2 aromatic rings. The van der Waals surface area contributed by atoms with Crippen molar-refractivity contribution in [3.05, 3.63) is 58.9 Å². The number of aliphatic hydroxyl groups is 1. The standard InChI is InChI=1S/C18H20ClFN2O3S/c19-14-4-5-18(13(10-14)12-23)21-16-6-8-22(9-7-16)26(24,25)17-3-1-2-15(20)11-17/h1-5,10-11,16,21,23H,6-9,12H2. The molecular formula is C18H20ClFN2O3S. The highest BCUT2D eigenvalue weighted by Crippen LogP contribution is 2.26. The van der Waals surface area contributed by atoms with Gasteiger partial charge in [-0.2, -0.15) is 4.31 Å². The van der Waals surface area contributed by atoms with Crippen molar-refractivity contribution in [1.29, 1.82) is 0 Å². The molecule has 8 heteroatoms. The van der Waals surface area contributed by atoms with Crippen LogP contribution in [0.1, 0.15) is 18.4 Å². The number of hydrogen-bond donors (Lipinski definition) is 2. The van der Waals surface area contributed by atoms with Gasteiger partial charge in [0.25, 0.3) is 0 Å². The van der Waals surface area contributed by atoms with Gasteiger partial charge in [0.05, 0.1) is 11.5 Å². The molecule has 0 amide bonds. The number of sulfonamides is 1. The number of nitrogens with zero attached hydrogens (tertiary/aromatic N) is 1. The van der Waals surface area contributed by atoms with Crippen LogP contribution >= 0.6 is 11.6 Å². The fourth-order valence-corrected chi connectivity index (χ4v) is 4.77. The van der Waals surface area contributed by atoms with Gasteiger partial charge in [-0.15, -0.1) is 0 Å². The average molecular weight is 399 g/mol. The van der Waals surface area contributed by atoms with Crippen molar-refractivity contribution in [2.45, 2.75) is 30.4 Å². The van der Waals surface area contributed by atoms with E-state index < -0.39 is 15.8 Å². The van der Waals surface area contributed by atoms with E-state index in [-0.39, 0.29) is 17.5 Å². The number of anilines is 1. The van der Waals surface area contributed by atoms with E-state index in [1.165, 1.54) is 22.5 Å². The normalized spacial score (nSPS) is 16.6. The molecule has 0 aromatic heterocycles. The molecule has 5 nitrogen and oxygen atoms in total. The molecule has 1 saturated heterocycles. The molecule has 2 N–H and O–H groups in total. The Morgan fingerprint density at radius 2 is 1.92 bits per heavy atom. The van der Waals surface area contributed by atoms with Crippen molar-refractivity contribution < 1.29 is 17.9 Å². The first-order valence-corrected chi connectivity index (χ1v) is 10.1. The minimum absolute atomic E-state index is 0.0239. The SMILES string of the molecule is O=S(=O)(c1cccc(F)c1)N1CCC(Nc2ccc(Cl)cc2CO)CC1. The van der Waals surface area contributed by atoms with E-state index in [2.05, 4.69) is 5.32 Å². The largest absolute Gasteiger partial charge is 0.392 e. The molecule has 26 heavy (non-hydrogen) atoms. The molecule has 0 atom stereocenters. The van der Waals surface area contributed by atoms with Gasteiger partial charge in [-0.05, 0) is 49.2 Å². The van der Waals surface area contributed by atoms with Crippen LogP contribution in [0.4, 0.5) is 10.1 Å². The Hall–Kier alpha value is -1.67. The van der Waals surface area contributed by atoms with Crippen LogP contribution in [0, 0.1) is 5.82 Å². The first kappa shape index (κ1) is 19.1. The lowest BCUT2D eigenvalue weighted by molar-refractivity contribution is 0.282. The number of piperidine rings is 1. The maximum atomic E-state index is 13.3. The second-order valence-corrected chi connectivity index (χ2v) is 8.61. The van der Waals surface area contributed by atoms with Gasteiger partial charge < -0.3 is 10.4 Å². The molecule has 0 unspecified atom stereocenters. The maximum absolute atomic E-state index is 13.3. The van der Waals surface area contributed by atoms with Crippen LogP contribution in [0.25, 0.3) is 0 Å². The number of nitrogens with one attached hydrogen (secondary N) is 1. The molecule has 0 spiro atoms. The third-order valence-electron chi connectivity index (χ3n) is 4.49. The molecule has 0 aliphatic carbocycles. The molecule has 1 heterocycles. The van der Waals surface area contributed by atoms with Gasteiger partial charge in [0, 0.05) is 35.4 Å². The van der Waals surface area contributed by atoms with E-state index in [9.17, 15) is 17.9 Å². The summed E-state index contributed by atoms with van der Waals surface area (Å²) in [6, 6.07) is 10.4. The third-order valence-corrected chi connectivity index (χ3v) is 6.61. The zero-order valence-electron chi connectivity index (χ0n) is 14.0. The summed E-state index contributed by atoms with van der Waals surface area (Å²) in [4.78, 5) is -0.0239. The Morgan fingerprint density at radius 3 is 2.58 bits per heavy atom. The Bertz CT molecular complexity index is 884. The van der Waals surface area contributed by atoms with Crippen LogP contribution in [0.15, 0.2) is 47.4 Å². The average Bonchev–Trinajstić information content (AvgIpc) is 2.63. The fourth-order valence-electron chi connectivity index (χ4n) is 3.07. The quantitative estimate of drug-likeness (QED) is 0.811. The van der Waals surface area contributed by atoms with Crippen molar-refractivity contribution in [3.63, 3.8) is 0 Å². The summed E-state index contributed by atoms with van der Waals surface area (Å²) in [5.41, 5.74) is 1.50. The zero-order valence-corrected chi connectivity index (χ0v) is 15.6. The van der Waals surface area contributed by atoms with Crippen molar-refractivity contribution >= 4 is 27.3 Å². The van der Waals surface area contributed by atoms with E-state index in [1.54, 1.807) is 12.1 Å². The van der Waals surface area contributed by atoms with Gasteiger partial charge in [-0.3, -0.25) is 0 Å². The van der Waals surface area contributed by atoms with Gasteiger partial charge in [-0.1, -0.05) is 17.7 Å². The summed E-state index contributed by atoms with van der Waals surface area (Å²) >= 11 is 5.94. The van der Waals surface area contributed by atoms with Crippen LogP contribution in [0.3, 0.4) is 0 Å². The van der Waals surface area contributed by atoms with E-state index in [0.29, 0.717) is 36.5 Å². The van der Waals surface area contributed by atoms with E-state index >= 15 is 0 Å². The number of aliphatic hydroxyl groups excluding tert-OH is 1. The number of halogens is 2. The summed E-state index contributed by atoms with van der Waals surface area (Å²) < 4.78 is 40.0. The minimum Gasteiger partial charge on any atom is -0.392 e. The second-order valence-electron chi connectivity index (χ2n) is 6.24. The van der Waals surface area contributed by atoms with E-state index in [4.69, 9.17) is 11.6 Å². The van der Waals surface area contributed by atoms with Crippen LogP contribution in [-0.4, -0.2) is 37.0 Å². The zero-order chi connectivity index (χ0) is 18.7. The molecule has 0 saturated carbocycles. The van der Waals surface area contributed by atoms with E-state index in [1.807, 2.05) is 6.07 Å². The first-order valence-electron chi connectivity index (χ1n) is 8.31. The molecule has 3 rings (SSSR count). The molecular weight excluding hydrogens is 379 g/mol. The molecule has 1 aliphatic heterocycles. The smallest absolute Gasteiger partial charge is 0.243 e. The van der Waals surface area contributed by atoms with Gasteiger partial charge >= 0.3 is 0 Å². The molecule has 1 fully saturated rings.